The van der Waals surface area contributed by atoms with E-state index >= 15 is 0 Å². The summed E-state index contributed by atoms with van der Waals surface area (Å²) in [5, 5.41) is 0. The summed E-state index contributed by atoms with van der Waals surface area (Å²) in [7, 11) is 0. The first kappa shape index (κ1) is 12.1. The Bertz CT molecular complexity index is 420. The highest BCUT2D eigenvalue weighted by Gasteiger charge is 2.26. The lowest BCUT2D eigenvalue weighted by Gasteiger charge is -2.13. The summed E-state index contributed by atoms with van der Waals surface area (Å²) < 4.78 is 5.62. The van der Waals surface area contributed by atoms with Crippen molar-refractivity contribution in [3.63, 3.8) is 0 Å². The van der Waals surface area contributed by atoms with Gasteiger partial charge in [-0.05, 0) is 18.8 Å². The lowest BCUT2D eigenvalue weighted by molar-refractivity contribution is 0.231. The van der Waals surface area contributed by atoms with Gasteiger partial charge in [0.2, 0.25) is 5.88 Å². The van der Waals surface area contributed by atoms with Gasteiger partial charge in [0, 0.05) is 5.92 Å². The second kappa shape index (κ2) is 5.34. The van der Waals surface area contributed by atoms with Crippen molar-refractivity contribution >= 4 is 0 Å². The smallest absolute Gasteiger partial charge is 0.254 e. The number of aromatic amines is 1. The van der Waals surface area contributed by atoms with E-state index in [0.29, 0.717) is 24.3 Å². The van der Waals surface area contributed by atoms with Crippen LogP contribution in [0.15, 0.2) is 10.9 Å². The topological polar surface area (TPSA) is 55.0 Å². The molecule has 94 valence electrons. The predicted octanol–water partition coefficient (Wildman–Crippen LogP) is 2.46. The van der Waals surface area contributed by atoms with Crippen molar-refractivity contribution in [3.05, 3.63) is 22.2 Å². The summed E-state index contributed by atoms with van der Waals surface area (Å²) in [6.45, 7) is 4.95. The SMILES string of the molecule is CCC(CC)COc1cc(=O)[nH]c(C2CC2)n1. The van der Waals surface area contributed by atoms with Gasteiger partial charge in [-0.25, -0.2) is 0 Å². The molecule has 1 aromatic rings. The Kier molecular flexibility index (Phi) is 3.82. The third-order valence-electron chi connectivity index (χ3n) is 3.32. The monoisotopic (exact) mass is 236 g/mol. The number of hydrogen-bond acceptors (Lipinski definition) is 3. The number of hydrogen-bond donors (Lipinski definition) is 1. The fourth-order valence-electron chi connectivity index (χ4n) is 1.81. The Morgan fingerprint density at radius 3 is 2.76 bits per heavy atom. The zero-order chi connectivity index (χ0) is 12.3. The number of ether oxygens (including phenoxy) is 1. The Labute approximate surface area is 101 Å². The van der Waals surface area contributed by atoms with E-state index in [1.54, 1.807) is 0 Å². The maximum atomic E-state index is 11.5. The van der Waals surface area contributed by atoms with Crippen LogP contribution in [-0.4, -0.2) is 16.6 Å². The summed E-state index contributed by atoms with van der Waals surface area (Å²) in [5.74, 6) is 2.25. The van der Waals surface area contributed by atoms with Crippen LogP contribution in [0.4, 0.5) is 0 Å². The molecule has 0 amide bonds. The lowest BCUT2D eigenvalue weighted by atomic mass is 10.1. The van der Waals surface area contributed by atoms with Crippen molar-refractivity contribution in [2.75, 3.05) is 6.61 Å². The van der Waals surface area contributed by atoms with Gasteiger partial charge >= 0.3 is 0 Å². The Morgan fingerprint density at radius 1 is 1.47 bits per heavy atom. The first-order valence-electron chi connectivity index (χ1n) is 6.47. The predicted molar refractivity (Wildman–Crippen MR) is 66.4 cm³/mol. The van der Waals surface area contributed by atoms with Gasteiger partial charge in [0.15, 0.2) is 0 Å². The molecule has 1 aromatic heterocycles. The number of aromatic nitrogens is 2. The second-order valence-electron chi connectivity index (χ2n) is 4.74. The molecule has 4 heteroatoms. The number of nitrogens with one attached hydrogen (secondary N) is 1. The van der Waals surface area contributed by atoms with Crippen LogP contribution in [-0.2, 0) is 0 Å². The maximum Gasteiger partial charge on any atom is 0.254 e. The molecule has 0 aliphatic heterocycles. The molecule has 2 rings (SSSR count). The number of rotatable bonds is 6. The molecule has 0 radical (unpaired) electrons. The number of H-pyrrole nitrogens is 1. The van der Waals surface area contributed by atoms with Crippen LogP contribution in [0, 0.1) is 5.92 Å². The Hall–Kier alpha value is -1.32. The quantitative estimate of drug-likeness (QED) is 0.825. The van der Waals surface area contributed by atoms with Crippen LogP contribution >= 0.6 is 0 Å². The van der Waals surface area contributed by atoms with Gasteiger partial charge in [-0.15, -0.1) is 0 Å². The van der Waals surface area contributed by atoms with E-state index in [4.69, 9.17) is 4.74 Å². The zero-order valence-electron chi connectivity index (χ0n) is 10.5. The molecule has 1 aliphatic rings. The van der Waals surface area contributed by atoms with E-state index in [0.717, 1.165) is 31.5 Å². The molecule has 0 bridgehead atoms. The average molecular weight is 236 g/mol. The fourth-order valence-corrected chi connectivity index (χ4v) is 1.81. The van der Waals surface area contributed by atoms with E-state index in [-0.39, 0.29) is 5.56 Å². The van der Waals surface area contributed by atoms with Gasteiger partial charge in [-0.2, -0.15) is 4.98 Å². The lowest BCUT2D eigenvalue weighted by Crippen LogP contribution is -2.15. The van der Waals surface area contributed by atoms with Gasteiger partial charge in [-0.3, -0.25) is 4.79 Å². The summed E-state index contributed by atoms with van der Waals surface area (Å²) in [6, 6.07) is 1.44. The largest absolute Gasteiger partial charge is 0.477 e. The third-order valence-corrected chi connectivity index (χ3v) is 3.32. The summed E-state index contributed by atoms with van der Waals surface area (Å²) in [4.78, 5) is 18.6. The standard InChI is InChI=1S/C13H20N2O2/c1-3-9(4-2)8-17-12-7-11(16)14-13(15-12)10-5-6-10/h7,9-10H,3-6,8H2,1-2H3,(H,14,15,16). The van der Waals surface area contributed by atoms with Gasteiger partial charge in [0.1, 0.15) is 5.82 Å². The summed E-state index contributed by atoms with van der Waals surface area (Å²) in [6.07, 6.45) is 4.43. The van der Waals surface area contributed by atoms with Crippen LogP contribution in [0.5, 0.6) is 5.88 Å². The molecular weight excluding hydrogens is 216 g/mol. The molecule has 1 aliphatic carbocycles. The minimum absolute atomic E-state index is 0.110. The van der Waals surface area contributed by atoms with Crippen LogP contribution in [0.25, 0.3) is 0 Å². The van der Waals surface area contributed by atoms with E-state index < -0.39 is 0 Å². The van der Waals surface area contributed by atoms with Crippen molar-refractivity contribution in [1.82, 2.24) is 9.97 Å². The highest BCUT2D eigenvalue weighted by molar-refractivity contribution is 5.14. The van der Waals surface area contributed by atoms with Crippen LogP contribution in [0.2, 0.25) is 0 Å². The third kappa shape index (κ3) is 3.32. The molecule has 0 spiro atoms. The van der Waals surface area contributed by atoms with Crippen molar-refractivity contribution in [2.24, 2.45) is 5.92 Å². The molecule has 1 heterocycles. The molecule has 4 nitrogen and oxygen atoms in total. The molecule has 0 atom stereocenters. The Balaban J connectivity index is 2.02. The minimum Gasteiger partial charge on any atom is -0.477 e. The first-order chi connectivity index (χ1) is 8.22. The van der Waals surface area contributed by atoms with Gasteiger partial charge in [0.05, 0.1) is 12.7 Å². The minimum atomic E-state index is -0.110. The average Bonchev–Trinajstić information content (AvgIpc) is 3.13. The Morgan fingerprint density at radius 2 is 2.18 bits per heavy atom. The van der Waals surface area contributed by atoms with Gasteiger partial charge in [0.25, 0.3) is 5.56 Å². The second-order valence-corrected chi connectivity index (χ2v) is 4.74. The fraction of sp³-hybridized carbons (Fsp3) is 0.692. The number of nitrogens with zero attached hydrogens (tertiary/aromatic N) is 1. The van der Waals surface area contributed by atoms with Crippen LogP contribution in [0.3, 0.4) is 0 Å². The molecule has 1 fully saturated rings. The van der Waals surface area contributed by atoms with E-state index in [1.165, 1.54) is 6.07 Å². The molecular formula is C13H20N2O2. The van der Waals surface area contributed by atoms with Crippen LogP contribution in [0.1, 0.15) is 51.3 Å². The highest BCUT2D eigenvalue weighted by Crippen LogP contribution is 2.37. The molecule has 17 heavy (non-hydrogen) atoms. The van der Waals surface area contributed by atoms with Crippen molar-refractivity contribution in [2.45, 2.75) is 45.4 Å². The van der Waals surface area contributed by atoms with Gasteiger partial charge in [-0.1, -0.05) is 26.7 Å². The van der Waals surface area contributed by atoms with E-state index in [2.05, 4.69) is 23.8 Å². The summed E-state index contributed by atoms with van der Waals surface area (Å²) >= 11 is 0. The van der Waals surface area contributed by atoms with E-state index in [1.807, 2.05) is 0 Å². The normalized spacial score (nSPS) is 15.2. The molecule has 1 N–H and O–H groups in total. The zero-order valence-corrected chi connectivity index (χ0v) is 10.5. The van der Waals surface area contributed by atoms with Crippen molar-refractivity contribution in [3.8, 4) is 5.88 Å². The first-order valence-corrected chi connectivity index (χ1v) is 6.47. The summed E-state index contributed by atoms with van der Waals surface area (Å²) in [5.41, 5.74) is -0.110. The molecule has 1 saturated carbocycles. The van der Waals surface area contributed by atoms with E-state index in [9.17, 15) is 4.79 Å². The van der Waals surface area contributed by atoms with Crippen molar-refractivity contribution < 1.29 is 4.74 Å². The molecule has 0 aromatic carbocycles. The highest BCUT2D eigenvalue weighted by atomic mass is 16.5. The van der Waals surface area contributed by atoms with Crippen LogP contribution < -0.4 is 10.3 Å². The maximum absolute atomic E-state index is 11.5. The van der Waals surface area contributed by atoms with Crippen molar-refractivity contribution in [1.29, 1.82) is 0 Å². The van der Waals surface area contributed by atoms with Gasteiger partial charge < -0.3 is 9.72 Å². The molecule has 0 saturated heterocycles. The molecule has 0 unspecified atom stereocenters.